The zero-order valence-electron chi connectivity index (χ0n) is 17.9. The van der Waals surface area contributed by atoms with E-state index in [0.29, 0.717) is 5.11 Å². The first-order valence-corrected chi connectivity index (χ1v) is 11.7. The standard InChI is InChI=1S/C26H23BrN4S/c1-17-16-22(18(2)30(17)20-8-4-3-5-9-20)25-24(23-10-6-7-15-28-23)29-26(32)31(25)21-13-11-19(27)12-14-21/h3-16,24-25H,1-2H3,(H,29,32)/t24-,25-/m1/s1. The quantitative estimate of drug-likeness (QED) is 0.326. The molecule has 1 saturated heterocycles. The molecular formula is C26H23BrN4S. The highest BCUT2D eigenvalue weighted by atomic mass is 79.9. The minimum atomic E-state index is -0.0583. The summed E-state index contributed by atoms with van der Waals surface area (Å²) in [5.41, 5.74) is 6.82. The lowest BCUT2D eigenvalue weighted by atomic mass is 9.96. The lowest BCUT2D eigenvalue weighted by Gasteiger charge is -2.28. The molecule has 1 N–H and O–H groups in total. The number of benzene rings is 2. The second kappa shape index (κ2) is 8.52. The molecule has 1 aliphatic heterocycles. The van der Waals surface area contributed by atoms with Gasteiger partial charge in [0, 0.05) is 33.4 Å². The van der Waals surface area contributed by atoms with E-state index in [1.165, 1.54) is 17.0 Å². The monoisotopic (exact) mass is 502 g/mol. The fourth-order valence-corrected chi connectivity index (χ4v) is 5.22. The normalized spacial score (nSPS) is 18.1. The molecule has 2 aromatic heterocycles. The van der Waals surface area contributed by atoms with E-state index in [-0.39, 0.29) is 12.1 Å². The average Bonchev–Trinajstić information content (AvgIpc) is 3.31. The van der Waals surface area contributed by atoms with Gasteiger partial charge in [-0.2, -0.15) is 0 Å². The number of aromatic nitrogens is 2. The third kappa shape index (κ3) is 3.63. The van der Waals surface area contributed by atoms with E-state index in [4.69, 9.17) is 12.2 Å². The highest BCUT2D eigenvalue weighted by Crippen LogP contribution is 2.43. The summed E-state index contributed by atoms with van der Waals surface area (Å²) in [5.74, 6) is 0. The first-order valence-electron chi connectivity index (χ1n) is 10.5. The lowest BCUT2D eigenvalue weighted by Crippen LogP contribution is -2.29. The summed E-state index contributed by atoms with van der Waals surface area (Å²) in [7, 11) is 0. The highest BCUT2D eigenvalue weighted by Gasteiger charge is 2.42. The van der Waals surface area contributed by atoms with Gasteiger partial charge >= 0.3 is 0 Å². The molecule has 1 aliphatic rings. The average molecular weight is 503 g/mol. The van der Waals surface area contributed by atoms with Gasteiger partial charge in [-0.05, 0) is 86.2 Å². The van der Waals surface area contributed by atoms with Crippen molar-refractivity contribution in [3.05, 3.63) is 112 Å². The van der Waals surface area contributed by atoms with Crippen LogP contribution in [-0.4, -0.2) is 14.7 Å². The molecule has 6 heteroatoms. The number of hydrogen-bond acceptors (Lipinski definition) is 2. The van der Waals surface area contributed by atoms with Crippen molar-refractivity contribution >= 4 is 38.9 Å². The van der Waals surface area contributed by atoms with Crippen LogP contribution in [0.3, 0.4) is 0 Å². The number of nitrogens with zero attached hydrogens (tertiary/aromatic N) is 3. The molecule has 32 heavy (non-hydrogen) atoms. The van der Waals surface area contributed by atoms with Gasteiger partial charge in [-0.3, -0.25) is 4.98 Å². The summed E-state index contributed by atoms with van der Waals surface area (Å²) < 4.78 is 3.35. The molecule has 0 unspecified atom stereocenters. The molecule has 0 bridgehead atoms. The summed E-state index contributed by atoms with van der Waals surface area (Å²) in [4.78, 5) is 6.89. The molecule has 2 atom stereocenters. The minimum absolute atomic E-state index is 0.0257. The molecule has 3 heterocycles. The molecule has 0 aliphatic carbocycles. The van der Waals surface area contributed by atoms with Crippen molar-refractivity contribution < 1.29 is 0 Å². The van der Waals surface area contributed by atoms with Crippen LogP contribution in [0.4, 0.5) is 5.69 Å². The van der Waals surface area contributed by atoms with Gasteiger partial charge in [-0.15, -0.1) is 0 Å². The third-order valence-corrected chi connectivity index (χ3v) is 6.85. The third-order valence-electron chi connectivity index (χ3n) is 6.01. The van der Waals surface area contributed by atoms with Crippen LogP contribution in [0.1, 0.15) is 34.7 Å². The van der Waals surface area contributed by atoms with E-state index < -0.39 is 0 Å². The lowest BCUT2D eigenvalue weighted by molar-refractivity contribution is 0.565. The van der Waals surface area contributed by atoms with E-state index in [9.17, 15) is 0 Å². The predicted molar refractivity (Wildman–Crippen MR) is 137 cm³/mol. The highest BCUT2D eigenvalue weighted by molar-refractivity contribution is 9.10. The van der Waals surface area contributed by atoms with Gasteiger partial charge in [0.2, 0.25) is 0 Å². The molecular weight excluding hydrogens is 480 g/mol. The van der Waals surface area contributed by atoms with Crippen LogP contribution in [0, 0.1) is 13.8 Å². The van der Waals surface area contributed by atoms with Gasteiger partial charge in [0.05, 0.1) is 17.8 Å². The summed E-state index contributed by atoms with van der Waals surface area (Å²) in [6.45, 7) is 4.34. The number of para-hydroxylation sites is 1. The number of rotatable bonds is 4. The number of pyridine rings is 1. The van der Waals surface area contributed by atoms with Gasteiger partial charge in [-0.1, -0.05) is 40.2 Å². The van der Waals surface area contributed by atoms with E-state index >= 15 is 0 Å². The van der Waals surface area contributed by atoms with Crippen molar-refractivity contribution in [1.29, 1.82) is 0 Å². The van der Waals surface area contributed by atoms with Crippen LogP contribution in [0.2, 0.25) is 0 Å². The second-order valence-electron chi connectivity index (χ2n) is 7.97. The number of anilines is 1. The summed E-state index contributed by atoms with van der Waals surface area (Å²) >= 11 is 9.40. The van der Waals surface area contributed by atoms with Crippen molar-refractivity contribution in [3.8, 4) is 5.69 Å². The van der Waals surface area contributed by atoms with Gasteiger partial charge in [0.25, 0.3) is 0 Å². The summed E-state index contributed by atoms with van der Waals surface area (Å²) in [6.07, 6.45) is 1.84. The van der Waals surface area contributed by atoms with Crippen LogP contribution >= 0.6 is 28.1 Å². The molecule has 2 aromatic carbocycles. The molecule has 4 aromatic rings. The fourth-order valence-electron chi connectivity index (χ4n) is 4.61. The Bertz CT molecular complexity index is 1250. The van der Waals surface area contributed by atoms with Crippen molar-refractivity contribution in [1.82, 2.24) is 14.9 Å². The maximum atomic E-state index is 5.85. The first kappa shape index (κ1) is 20.9. The zero-order valence-corrected chi connectivity index (χ0v) is 20.3. The molecule has 0 radical (unpaired) electrons. The largest absolute Gasteiger partial charge is 0.351 e. The van der Waals surface area contributed by atoms with Gasteiger partial charge in [0.1, 0.15) is 0 Å². The number of thiocarbonyl (C=S) groups is 1. The predicted octanol–water partition coefficient (Wildman–Crippen LogP) is 6.43. The summed E-state index contributed by atoms with van der Waals surface area (Å²) in [6, 6.07) is 27.0. The SMILES string of the molecule is Cc1cc([C@@H]2[C@@H](c3ccccn3)NC(=S)N2c2ccc(Br)cc2)c(C)n1-c1ccccc1. The Morgan fingerprint density at radius 2 is 1.62 bits per heavy atom. The minimum Gasteiger partial charge on any atom is -0.351 e. The molecule has 4 nitrogen and oxygen atoms in total. The Morgan fingerprint density at radius 3 is 2.31 bits per heavy atom. The fraction of sp³-hybridized carbons (Fsp3) is 0.154. The zero-order chi connectivity index (χ0) is 22.2. The van der Waals surface area contributed by atoms with Crippen LogP contribution in [0.15, 0.2) is 89.5 Å². The maximum Gasteiger partial charge on any atom is 0.174 e. The number of hydrogen-bond donors (Lipinski definition) is 1. The van der Waals surface area contributed by atoms with Gasteiger partial charge in [0.15, 0.2) is 5.11 Å². The Balaban J connectivity index is 1.68. The Hall–Kier alpha value is -2.96. The first-order chi connectivity index (χ1) is 15.5. The van der Waals surface area contributed by atoms with Crippen LogP contribution in [0.25, 0.3) is 5.69 Å². The molecule has 5 rings (SSSR count). The molecule has 0 saturated carbocycles. The van der Waals surface area contributed by atoms with Gasteiger partial charge in [-0.25, -0.2) is 0 Å². The maximum absolute atomic E-state index is 5.85. The topological polar surface area (TPSA) is 33.1 Å². The van der Waals surface area contributed by atoms with Crippen LogP contribution in [0.5, 0.6) is 0 Å². The van der Waals surface area contributed by atoms with Crippen LogP contribution in [-0.2, 0) is 0 Å². The van der Waals surface area contributed by atoms with Crippen molar-refractivity contribution in [2.45, 2.75) is 25.9 Å². The second-order valence-corrected chi connectivity index (χ2v) is 9.27. The number of nitrogens with one attached hydrogen (secondary N) is 1. The van der Waals surface area contributed by atoms with E-state index in [0.717, 1.165) is 21.5 Å². The van der Waals surface area contributed by atoms with Crippen molar-refractivity contribution in [2.75, 3.05) is 4.90 Å². The Labute approximate surface area is 202 Å². The van der Waals surface area contributed by atoms with E-state index in [1.807, 2.05) is 24.4 Å². The summed E-state index contributed by atoms with van der Waals surface area (Å²) in [5, 5.41) is 4.26. The molecule has 160 valence electrons. The van der Waals surface area contributed by atoms with Crippen molar-refractivity contribution in [2.24, 2.45) is 0 Å². The molecule has 1 fully saturated rings. The van der Waals surface area contributed by atoms with Crippen molar-refractivity contribution in [3.63, 3.8) is 0 Å². The molecule has 0 amide bonds. The smallest absolute Gasteiger partial charge is 0.174 e. The van der Waals surface area contributed by atoms with E-state index in [2.05, 4.69) is 110 Å². The molecule has 0 spiro atoms. The Kier molecular flexibility index (Phi) is 5.57. The number of aryl methyl sites for hydroxylation is 1. The van der Waals surface area contributed by atoms with Gasteiger partial charge < -0.3 is 14.8 Å². The van der Waals surface area contributed by atoms with Crippen LogP contribution < -0.4 is 10.2 Å². The number of halogens is 1. The Morgan fingerprint density at radius 1 is 0.906 bits per heavy atom. The van der Waals surface area contributed by atoms with E-state index in [1.54, 1.807) is 0 Å².